The van der Waals surface area contributed by atoms with Crippen LogP contribution in [0.2, 0.25) is 0 Å². The number of halogens is 3. The Morgan fingerprint density at radius 2 is 1.34 bits per heavy atom. The normalized spacial score (nSPS) is 14.6. The summed E-state index contributed by atoms with van der Waals surface area (Å²) in [6, 6.07) is 25.0. The smallest absolute Gasteiger partial charge is 0.416 e. The molecule has 1 atom stereocenters. The lowest BCUT2D eigenvalue weighted by Crippen LogP contribution is -2.55. The average molecular weight is 804 g/mol. The second-order valence-corrected chi connectivity index (χ2v) is 17.3. The number of fused-ring (bicyclic) bond motifs is 2. The molecule has 0 saturated carbocycles. The molecule has 1 aliphatic rings. The number of hydrogen-bond donors (Lipinski definition) is 2. The molecular weight excluding hydrogens is 768 g/mol. The van der Waals surface area contributed by atoms with Gasteiger partial charge in [-0.3, -0.25) is 10.1 Å². The summed E-state index contributed by atoms with van der Waals surface area (Å²) in [5.41, 5.74) is 0.113. The van der Waals surface area contributed by atoms with Gasteiger partial charge in [-0.25, -0.2) is 26.8 Å². The minimum absolute atomic E-state index is 0.119. The number of phenols is 1. The largest absolute Gasteiger partial charge is 0.508 e. The highest BCUT2D eigenvalue weighted by atomic mass is 32.2. The zero-order chi connectivity index (χ0) is 39.7. The molecule has 56 heavy (non-hydrogen) atoms. The molecule has 7 rings (SSSR count). The summed E-state index contributed by atoms with van der Waals surface area (Å²) >= 11 is 0. The van der Waals surface area contributed by atoms with Crippen LogP contribution in [-0.2, 0) is 42.8 Å². The zero-order valence-electron chi connectivity index (χ0n) is 29.7. The summed E-state index contributed by atoms with van der Waals surface area (Å²) in [6.07, 6.45) is -1.91. The van der Waals surface area contributed by atoms with Crippen LogP contribution in [0.1, 0.15) is 16.7 Å². The van der Waals surface area contributed by atoms with Gasteiger partial charge in [-0.2, -0.15) is 13.2 Å². The Labute approximate surface area is 321 Å². The van der Waals surface area contributed by atoms with E-state index in [0.717, 1.165) is 12.1 Å². The molecule has 6 aromatic rings. The Bertz CT molecular complexity index is 2640. The molecule has 2 N–H and O–H groups in total. The molecule has 11 nitrogen and oxygen atoms in total. The number of aromatic hydroxyl groups is 1. The Hall–Kier alpha value is -5.58. The van der Waals surface area contributed by atoms with Crippen LogP contribution in [0.3, 0.4) is 0 Å². The van der Waals surface area contributed by atoms with Crippen molar-refractivity contribution in [3.8, 4) is 5.75 Å². The minimum Gasteiger partial charge on any atom is -0.508 e. The molecule has 16 heteroatoms. The van der Waals surface area contributed by atoms with Crippen LogP contribution in [0.4, 0.5) is 18.9 Å². The van der Waals surface area contributed by atoms with Gasteiger partial charge in [-0.1, -0.05) is 60.7 Å². The summed E-state index contributed by atoms with van der Waals surface area (Å²) in [7, 11) is -8.25. The molecule has 2 aromatic heterocycles. The molecule has 4 aromatic carbocycles. The molecule has 3 heterocycles. The molecule has 1 saturated heterocycles. The van der Waals surface area contributed by atoms with Crippen molar-refractivity contribution in [2.24, 2.45) is 0 Å². The van der Waals surface area contributed by atoms with Crippen molar-refractivity contribution in [2.45, 2.75) is 34.4 Å². The predicted octanol–water partition coefficient (Wildman–Crippen LogP) is 5.76. The van der Waals surface area contributed by atoms with Crippen molar-refractivity contribution in [1.82, 2.24) is 20.2 Å². The van der Waals surface area contributed by atoms with Crippen LogP contribution in [0.25, 0.3) is 21.5 Å². The summed E-state index contributed by atoms with van der Waals surface area (Å²) < 4.78 is 95.7. The first kappa shape index (κ1) is 38.7. The molecule has 290 valence electrons. The van der Waals surface area contributed by atoms with Gasteiger partial charge < -0.3 is 14.9 Å². The number of benzene rings is 4. The van der Waals surface area contributed by atoms with E-state index >= 15 is 0 Å². The fraction of sp³-hybridized carbons (Fsp3) is 0.225. The number of hydrogen-bond acceptors (Lipinski definition) is 10. The fourth-order valence-corrected chi connectivity index (χ4v) is 9.79. The van der Waals surface area contributed by atoms with Crippen molar-refractivity contribution in [3.05, 3.63) is 132 Å². The second kappa shape index (κ2) is 15.5. The van der Waals surface area contributed by atoms with Gasteiger partial charge in [0, 0.05) is 55.0 Å². The quantitative estimate of drug-likeness (QED) is 0.166. The third-order valence-electron chi connectivity index (χ3n) is 9.77. The number of alkyl halides is 3. The van der Waals surface area contributed by atoms with Gasteiger partial charge in [0.1, 0.15) is 11.6 Å². The van der Waals surface area contributed by atoms with Crippen LogP contribution in [0.5, 0.6) is 5.75 Å². The Morgan fingerprint density at radius 1 is 0.732 bits per heavy atom. The van der Waals surface area contributed by atoms with Gasteiger partial charge in [0.05, 0.1) is 17.4 Å². The standard InChI is InChI=1S/C40H36F3N5O6S2/c41-40(42,43)31-8-5-9-32(24-31)47-18-20-48(21-19-47)39(50)36(46-26-56(53,54)38-35-11-4-2-7-28(35)15-17-45-38)23-29-12-13-33(49)22-30(29)25-55(51,52)37-34-10-3-1-6-27(34)14-16-44-37/h1-17,22,24,36,46,49H,18-21,23,25-26H2. The Kier molecular flexibility index (Phi) is 10.7. The van der Waals surface area contributed by atoms with Crippen molar-refractivity contribution in [2.75, 3.05) is 37.0 Å². The first-order valence-electron chi connectivity index (χ1n) is 17.6. The summed E-state index contributed by atoms with van der Waals surface area (Å²) in [5.74, 6) is -1.98. The van der Waals surface area contributed by atoms with Crippen molar-refractivity contribution < 1.29 is 39.9 Å². The van der Waals surface area contributed by atoms with Crippen LogP contribution in [0.15, 0.2) is 126 Å². The van der Waals surface area contributed by atoms with E-state index < -0.39 is 55.0 Å². The molecule has 1 fully saturated rings. The van der Waals surface area contributed by atoms with E-state index in [9.17, 15) is 39.9 Å². The second-order valence-electron chi connectivity index (χ2n) is 13.5. The lowest BCUT2D eigenvalue weighted by Gasteiger charge is -2.38. The highest BCUT2D eigenvalue weighted by Gasteiger charge is 2.33. The van der Waals surface area contributed by atoms with Gasteiger partial charge in [0.2, 0.25) is 15.7 Å². The predicted molar refractivity (Wildman–Crippen MR) is 205 cm³/mol. The number of nitrogens with zero attached hydrogens (tertiary/aromatic N) is 4. The number of carbonyl (C=O) groups excluding carboxylic acids is 1. The molecule has 1 unspecified atom stereocenters. The first-order valence-corrected chi connectivity index (χ1v) is 20.9. The topological polar surface area (TPSA) is 150 Å². The Balaban J connectivity index is 1.17. The van der Waals surface area contributed by atoms with E-state index in [-0.39, 0.29) is 54.0 Å². The van der Waals surface area contributed by atoms with E-state index in [4.69, 9.17) is 0 Å². The number of carbonyl (C=O) groups is 1. The lowest BCUT2D eigenvalue weighted by molar-refractivity contribution is -0.137. The highest BCUT2D eigenvalue weighted by Crippen LogP contribution is 2.32. The third-order valence-corrected chi connectivity index (χ3v) is 12.8. The van der Waals surface area contributed by atoms with Gasteiger partial charge in [-0.05, 0) is 70.8 Å². The SMILES string of the molecule is O=C(C(Cc1ccc(O)cc1CS(=O)(=O)c1nccc2ccccc12)NCS(=O)(=O)c1nccc2ccccc12)N1CCN(c2cccc(C(F)(F)F)c2)CC1. The van der Waals surface area contributed by atoms with Crippen LogP contribution < -0.4 is 10.2 Å². The maximum Gasteiger partial charge on any atom is 0.416 e. The van der Waals surface area contributed by atoms with Crippen molar-refractivity contribution in [1.29, 1.82) is 0 Å². The number of phenolic OH excluding ortho intramolecular Hbond substituents is 1. The van der Waals surface area contributed by atoms with Gasteiger partial charge in [0.15, 0.2) is 19.9 Å². The molecule has 1 amide bonds. The number of pyridine rings is 2. The lowest BCUT2D eigenvalue weighted by atomic mass is 9.99. The monoisotopic (exact) mass is 803 g/mol. The van der Waals surface area contributed by atoms with Crippen molar-refractivity contribution in [3.63, 3.8) is 0 Å². The van der Waals surface area contributed by atoms with Crippen LogP contribution in [0, 0.1) is 0 Å². The first-order chi connectivity index (χ1) is 26.7. The van der Waals surface area contributed by atoms with Gasteiger partial charge in [0.25, 0.3) is 0 Å². The van der Waals surface area contributed by atoms with E-state index in [1.807, 2.05) is 0 Å². The van der Waals surface area contributed by atoms with Crippen LogP contribution >= 0.6 is 0 Å². The van der Waals surface area contributed by atoms with Gasteiger partial charge in [-0.15, -0.1) is 0 Å². The average Bonchev–Trinajstić information content (AvgIpc) is 3.19. The summed E-state index contributed by atoms with van der Waals surface area (Å²) in [6.45, 7) is 0.653. The van der Waals surface area contributed by atoms with E-state index in [2.05, 4.69) is 15.3 Å². The molecule has 0 radical (unpaired) electrons. The molecule has 0 bridgehead atoms. The summed E-state index contributed by atoms with van der Waals surface area (Å²) in [5, 5.41) is 15.2. The number of amides is 1. The number of piperazine rings is 1. The van der Waals surface area contributed by atoms with E-state index in [0.29, 0.717) is 32.8 Å². The zero-order valence-corrected chi connectivity index (χ0v) is 31.4. The highest BCUT2D eigenvalue weighted by molar-refractivity contribution is 7.91. The molecule has 0 aliphatic carbocycles. The molecule has 0 spiro atoms. The Morgan fingerprint density at radius 3 is 1.96 bits per heavy atom. The maximum absolute atomic E-state index is 14.3. The fourth-order valence-electron chi connectivity index (χ4n) is 6.93. The van der Waals surface area contributed by atoms with E-state index in [1.165, 1.54) is 41.6 Å². The summed E-state index contributed by atoms with van der Waals surface area (Å²) in [4.78, 5) is 25.9. The van der Waals surface area contributed by atoms with E-state index in [1.54, 1.807) is 71.6 Å². The van der Waals surface area contributed by atoms with Crippen LogP contribution in [-0.4, -0.2) is 80.8 Å². The number of aromatic nitrogens is 2. The maximum atomic E-state index is 14.3. The number of sulfone groups is 2. The van der Waals surface area contributed by atoms with Gasteiger partial charge >= 0.3 is 6.18 Å². The molecular formula is C40H36F3N5O6S2. The minimum atomic E-state index is -4.52. The number of rotatable bonds is 11. The van der Waals surface area contributed by atoms with Crippen molar-refractivity contribution >= 4 is 52.8 Å². The number of nitrogens with one attached hydrogen (secondary N) is 1. The third kappa shape index (κ3) is 8.32. The molecule has 1 aliphatic heterocycles. The number of anilines is 1.